The van der Waals surface area contributed by atoms with Crippen LogP contribution in [0.4, 0.5) is 52.7 Å². The second-order valence-electron chi connectivity index (χ2n) is 13.1. The van der Waals surface area contributed by atoms with E-state index in [1.807, 2.05) is 34.6 Å². The van der Waals surface area contributed by atoms with Crippen molar-refractivity contribution in [2.75, 3.05) is 0 Å². The number of alkyl halides is 12. The van der Waals surface area contributed by atoms with Crippen LogP contribution in [0.5, 0.6) is 0 Å². The van der Waals surface area contributed by atoms with Gasteiger partial charge in [-0.3, -0.25) is 0 Å². The predicted molar refractivity (Wildman–Crippen MR) is 178 cm³/mol. The number of benzene rings is 3. The first kappa shape index (κ1) is 47.7. The number of halogens is 12. The zero-order valence-electron chi connectivity index (χ0n) is 30.2. The van der Waals surface area contributed by atoms with E-state index in [2.05, 4.69) is 0 Å². The van der Waals surface area contributed by atoms with E-state index in [-0.39, 0.29) is 17.0 Å². The summed E-state index contributed by atoms with van der Waals surface area (Å²) in [6.07, 6.45) is -20.8. The summed E-state index contributed by atoms with van der Waals surface area (Å²) in [5.74, 6) is 0.630. The van der Waals surface area contributed by atoms with Crippen molar-refractivity contribution in [3.63, 3.8) is 0 Å². The molecular weight excluding hydrogens is 732 g/mol. The maximum absolute atomic E-state index is 12.6. The van der Waals surface area contributed by atoms with Gasteiger partial charge in [0, 0.05) is 5.56 Å². The molecule has 0 amide bonds. The molecule has 3 rings (SSSR count). The van der Waals surface area contributed by atoms with Crippen molar-refractivity contribution in [1.82, 2.24) is 0 Å². The minimum atomic E-state index is -5.84. The third-order valence-electron chi connectivity index (χ3n) is 9.28. The minimum Gasteiger partial charge on any atom is -0.379 e. The lowest BCUT2D eigenvalue weighted by molar-refractivity contribution is -0.376. The Kier molecular flexibility index (Phi) is 16.5. The van der Waals surface area contributed by atoms with Crippen molar-refractivity contribution in [2.45, 2.75) is 127 Å². The number of rotatable bonds is 9. The molecule has 3 nitrogen and oxygen atoms in total. The Bertz CT molecular complexity index is 1490. The summed E-state index contributed by atoms with van der Waals surface area (Å²) in [7, 11) is 0. The highest BCUT2D eigenvalue weighted by Gasteiger charge is 2.71. The highest BCUT2D eigenvalue weighted by molar-refractivity contribution is 5.32. The van der Waals surface area contributed by atoms with Gasteiger partial charge in [0.25, 0.3) is 5.60 Å². The fourth-order valence-electron chi connectivity index (χ4n) is 4.74. The van der Waals surface area contributed by atoms with Gasteiger partial charge in [-0.05, 0) is 71.8 Å². The SMILES string of the molecule is CCC(C)c1ccc(C(C)(O)C(F)(F)F)cc1.CCC(C)c1ccc(C(O)(C(F)(F)F)C(F)(F)F)cc1.CCC(C)c1ccc(C(O)C(F)(F)F)cc1. The molecule has 0 bridgehead atoms. The van der Waals surface area contributed by atoms with E-state index < -0.39 is 47.6 Å². The second-order valence-corrected chi connectivity index (χ2v) is 13.1. The molecule has 3 aromatic carbocycles. The average Bonchev–Trinajstić information content (AvgIpc) is 3.08. The molecule has 0 radical (unpaired) electrons. The maximum atomic E-state index is 12.6. The molecule has 3 aromatic rings. The molecule has 0 aliphatic heterocycles. The van der Waals surface area contributed by atoms with Gasteiger partial charge in [-0.1, -0.05) is 114 Å². The van der Waals surface area contributed by atoms with Gasteiger partial charge in [-0.15, -0.1) is 0 Å². The number of aliphatic hydroxyl groups excluding tert-OH is 1. The molecule has 0 heterocycles. The Morgan fingerprint density at radius 1 is 0.453 bits per heavy atom. The minimum absolute atomic E-state index is 0.00826. The van der Waals surface area contributed by atoms with E-state index in [1.54, 1.807) is 31.2 Å². The zero-order valence-corrected chi connectivity index (χ0v) is 30.2. The molecule has 0 spiro atoms. The Hall–Kier alpha value is -3.30. The topological polar surface area (TPSA) is 60.7 Å². The van der Waals surface area contributed by atoms with Gasteiger partial charge < -0.3 is 15.3 Å². The number of hydrogen-bond donors (Lipinski definition) is 3. The second kappa shape index (κ2) is 18.4. The van der Waals surface area contributed by atoms with Crippen LogP contribution < -0.4 is 0 Å². The Morgan fingerprint density at radius 2 is 0.717 bits per heavy atom. The van der Waals surface area contributed by atoms with Crippen LogP contribution in [0.2, 0.25) is 0 Å². The lowest BCUT2D eigenvalue weighted by atomic mass is 9.89. The largest absolute Gasteiger partial charge is 0.430 e. The van der Waals surface area contributed by atoms with Crippen LogP contribution in [0.15, 0.2) is 72.8 Å². The molecule has 0 aromatic heterocycles. The molecular formula is C38H46F12O3. The summed E-state index contributed by atoms with van der Waals surface area (Å²) < 4.78 is 150. The molecule has 3 N–H and O–H groups in total. The first-order valence-electron chi connectivity index (χ1n) is 16.7. The van der Waals surface area contributed by atoms with Crippen LogP contribution in [0, 0.1) is 0 Å². The predicted octanol–water partition coefficient (Wildman–Crippen LogP) is 12.3. The van der Waals surface area contributed by atoms with Crippen LogP contribution >= 0.6 is 0 Å². The molecule has 5 unspecified atom stereocenters. The third kappa shape index (κ3) is 12.1. The maximum Gasteiger partial charge on any atom is 0.430 e. The van der Waals surface area contributed by atoms with Crippen LogP contribution in [-0.2, 0) is 11.2 Å². The van der Waals surface area contributed by atoms with Gasteiger partial charge in [-0.2, -0.15) is 52.7 Å². The van der Waals surface area contributed by atoms with Crippen LogP contribution in [0.1, 0.15) is 125 Å². The Labute approximate surface area is 301 Å². The van der Waals surface area contributed by atoms with E-state index in [1.165, 1.54) is 36.4 Å². The summed E-state index contributed by atoms with van der Waals surface area (Å²) in [5.41, 5.74) is -6.53. The molecule has 0 aliphatic carbocycles. The van der Waals surface area contributed by atoms with Crippen LogP contribution in [0.25, 0.3) is 0 Å². The smallest absolute Gasteiger partial charge is 0.379 e. The van der Waals surface area contributed by atoms with E-state index in [4.69, 9.17) is 5.11 Å². The lowest BCUT2D eigenvalue weighted by Gasteiger charge is -2.32. The van der Waals surface area contributed by atoms with Crippen molar-refractivity contribution in [2.24, 2.45) is 0 Å². The highest BCUT2D eigenvalue weighted by Crippen LogP contribution is 2.50. The van der Waals surface area contributed by atoms with E-state index in [0.717, 1.165) is 30.9 Å². The van der Waals surface area contributed by atoms with E-state index >= 15 is 0 Å². The fourth-order valence-corrected chi connectivity index (χ4v) is 4.74. The van der Waals surface area contributed by atoms with E-state index in [9.17, 15) is 62.9 Å². The molecule has 0 aliphatic rings. The molecule has 300 valence electrons. The first-order chi connectivity index (χ1) is 24.0. The molecule has 0 saturated heterocycles. The Balaban J connectivity index is 0.000000400. The molecule has 15 heteroatoms. The van der Waals surface area contributed by atoms with Crippen LogP contribution in [0.3, 0.4) is 0 Å². The molecule has 5 atom stereocenters. The standard InChI is InChI=1S/C13H14F6O.C13H17F3O.C12H15F3O/c1-3-8(2)9-4-6-10(7-5-9)11(20,12(14,15)16)13(17,18)19;1-4-9(2)10-5-7-11(8-6-10)12(3,17)13(14,15)16;1-3-8(2)9-4-6-10(7-5-9)11(16)12(13,14)15/h4-8,20H,3H2,1-2H3;5-9,17H,4H2,1-3H3;4-8,11,16H,3H2,1-2H3. The fraction of sp³-hybridized carbons (Fsp3) is 0.526. The molecule has 53 heavy (non-hydrogen) atoms. The first-order valence-corrected chi connectivity index (χ1v) is 16.7. The van der Waals surface area contributed by atoms with Crippen molar-refractivity contribution in [3.05, 3.63) is 106 Å². The van der Waals surface area contributed by atoms with Gasteiger partial charge in [0.2, 0.25) is 0 Å². The summed E-state index contributed by atoms with van der Waals surface area (Å²) in [4.78, 5) is 0. The summed E-state index contributed by atoms with van der Waals surface area (Å²) in [6.45, 7) is 12.5. The highest BCUT2D eigenvalue weighted by atomic mass is 19.4. The van der Waals surface area contributed by atoms with Crippen LogP contribution in [-0.4, -0.2) is 40.0 Å². The Morgan fingerprint density at radius 3 is 0.962 bits per heavy atom. The lowest BCUT2D eigenvalue weighted by Crippen LogP contribution is -2.53. The van der Waals surface area contributed by atoms with Crippen molar-refractivity contribution in [3.8, 4) is 0 Å². The van der Waals surface area contributed by atoms with Gasteiger partial charge in [0.1, 0.15) is 0 Å². The molecule has 0 saturated carbocycles. The van der Waals surface area contributed by atoms with Crippen molar-refractivity contribution >= 4 is 0 Å². The third-order valence-corrected chi connectivity index (χ3v) is 9.28. The summed E-state index contributed by atoms with van der Waals surface area (Å²) >= 11 is 0. The number of aliphatic hydroxyl groups is 3. The zero-order chi connectivity index (χ0) is 41.4. The van der Waals surface area contributed by atoms with Gasteiger partial charge >= 0.3 is 24.7 Å². The van der Waals surface area contributed by atoms with Gasteiger partial charge in [-0.25, -0.2) is 0 Å². The summed E-state index contributed by atoms with van der Waals surface area (Å²) in [5, 5.41) is 27.7. The monoisotopic (exact) mass is 778 g/mol. The van der Waals surface area contributed by atoms with Gasteiger partial charge in [0.15, 0.2) is 11.7 Å². The average molecular weight is 779 g/mol. The molecule has 0 fully saturated rings. The summed E-state index contributed by atoms with van der Waals surface area (Å²) in [6, 6.07) is 15.6. The quantitative estimate of drug-likeness (QED) is 0.190. The van der Waals surface area contributed by atoms with Crippen molar-refractivity contribution < 1.29 is 68.0 Å². The van der Waals surface area contributed by atoms with Crippen molar-refractivity contribution in [1.29, 1.82) is 0 Å². The van der Waals surface area contributed by atoms with Gasteiger partial charge in [0.05, 0.1) is 0 Å². The number of hydrogen-bond acceptors (Lipinski definition) is 3. The van der Waals surface area contributed by atoms with E-state index in [0.29, 0.717) is 36.0 Å². The normalized spacial score (nSPS) is 16.2.